The molecule has 0 aliphatic heterocycles. The Morgan fingerprint density at radius 2 is 0.833 bits per heavy atom. The van der Waals surface area contributed by atoms with Gasteiger partial charge in [0.1, 0.15) is 57.5 Å². The SMILES string of the molecule is N#CC(C#N)=c1c2nn(Cc3ccccc3)nc2c(=C(C#N)C#N)c2nn(Cc3ccccc3)nc12. The van der Waals surface area contributed by atoms with Gasteiger partial charge in [0, 0.05) is 0 Å². The van der Waals surface area contributed by atoms with E-state index in [9.17, 15) is 21.0 Å². The number of nitrogens with zero attached hydrogens (tertiary/aromatic N) is 10. The van der Waals surface area contributed by atoms with E-state index in [-0.39, 0.29) is 43.7 Å². The normalized spacial score (nSPS) is 10.3. The van der Waals surface area contributed by atoms with Gasteiger partial charge in [-0.25, -0.2) is 0 Å². The molecule has 0 aliphatic rings. The second kappa shape index (κ2) is 9.19. The molecule has 0 amide bonds. The number of fused-ring (bicyclic) bond motifs is 2. The molecule has 5 rings (SSSR count). The van der Waals surface area contributed by atoms with Gasteiger partial charge in [-0.3, -0.25) is 0 Å². The van der Waals surface area contributed by atoms with Gasteiger partial charge < -0.3 is 0 Å². The zero-order valence-electron chi connectivity index (χ0n) is 18.7. The van der Waals surface area contributed by atoms with E-state index in [1.165, 1.54) is 9.59 Å². The molecule has 10 nitrogen and oxygen atoms in total. The Bertz CT molecular complexity index is 1690. The van der Waals surface area contributed by atoms with Gasteiger partial charge in [0.15, 0.2) is 0 Å². The lowest BCUT2D eigenvalue weighted by Crippen LogP contribution is -2.18. The van der Waals surface area contributed by atoms with Crippen molar-refractivity contribution in [2.75, 3.05) is 0 Å². The van der Waals surface area contributed by atoms with Crippen LogP contribution in [0.1, 0.15) is 11.1 Å². The van der Waals surface area contributed by atoms with Crippen molar-refractivity contribution in [1.29, 1.82) is 21.0 Å². The number of hydrogen-bond acceptors (Lipinski definition) is 8. The average molecular weight is 466 g/mol. The van der Waals surface area contributed by atoms with Crippen molar-refractivity contribution in [3.05, 3.63) is 82.2 Å². The van der Waals surface area contributed by atoms with Crippen molar-refractivity contribution < 1.29 is 0 Å². The topological polar surface area (TPSA) is 157 Å². The van der Waals surface area contributed by atoms with Gasteiger partial charge in [0.2, 0.25) is 0 Å². The van der Waals surface area contributed by atoms with Gasteiger partial charge >= 0.3 is 0 Å². The lowest BCUT2D eigenvalue weighted by Gasteiger charge is -1.99. The highest BCUT2D eigenvalue weighted by Gasteiger charge is 2.21. The summed E-state index contributed by atoms with van der Waals surface area (Å²) in [6.07, 6.45) is 0. The Morgan fingerprint density at radius 1 is 0.528 bits per heavy atom. The van der Waals surface area contributed by atoms with Crippen LogP contribution < -0.4 is 10.4 Å². The maximum absolute atomic E-state index is 9.72. The van der Waals surface area contributed by atoms with Crippen LogP contribution in [0, 0.1) is 45.3 Å². The van der Waals surface area contributed by atoms with Gasteiger partial charge in [0.25, 0.3) is 0 Å². The second-order valence-electron chi connectivity index (χ2n) is 7.77. The van der Waals surface area contributed by atoms with Crippen LogP contribution >= 0.6 is 0 Å². The standard InChI is InChI=1S/C26H14N10/c27-11-19(12-28)21-23-24(32-35(31-23)15-17-7-3-1-4-8-17)22(20(13-29)14-30)26-25(21)33-36(34-26)16-18-9-5-2-6-10-18/h1-10H,15-16H2. The minimum Gasteiger partial charge on any atom is -0.192 e. The molecule has 10 heteroatoms. The maximum Gasteiger partial charge on any atom is 0.141 e. The van der Waals surface area contributed by atoms with Crippen molar-refractivity contribution in [3.8, 4) is 24.3 Å². The van der Waals surface area contributed by atoms with Crippen molar-refractivity contribution in [1.82, 2.24) is 30.0 Å². The van der Waals surface area contributed by atoms with E-state index in [1.54, 1.807) is 0 Å². The number of nitriles is 4. The molecule has 0 radical (unpaired) electrons. The lowest BCUT2D eigenvalue weighted by molar-refractivity contribution is 0.597. The Balaban J connectivity index is 1.90. The Kier molecular flexibility index (Phi) is 5.61. The first-order chi connectivity index (χ1) is 17.7. The summed E-state index contributed by atoms with van der Waals surface area (Å²) < 4.78 is 0. The predicted molar refractivity (Wildman–Crippen MR) is 128 cm³/mol. The Labute approximate surface area is 204 Å². The lowest BCUT2D eigenvalue weighted by atomic mass is 10.1. The van der Waals surface area contributed by atoms with Crippen LogP contribution in [0.4, 0.5) is 0 Å². The van der Waals surface area contributed by atoms with E-state index in [0.29, 0.717) is 13.1 Å². The number of aromatic nitrogens is 6. The molecular formula is C26H14N10. The van der Waals surface area contributed by atoms with Gasteiger partial charge in [-0.15, -0.1) is 0 Å². The third kappa shape index (κ3) is 3.78. The first kappa shape index (κ1) is 22.0. The smallest absolute Gasteiger partial charge is 0.141 e. The molecule has 5 aromatic rings. The quantitative estimate of drug-likeness (QED) is 0.387. The van der Waals surface area contributed by atoms with Crippen LogP contribution in [0.25, 0.3) is 33.2 Å². The van der Waals surface area contributed by atoms with Crippen LogP contribution in [0.15, 0.2) is 60.7 Å². The summed E-state index contributed by atoms with van der Waals surface area (Å²) in [5, 5.41) is 57.4. The molecule has 3 aromatic carbocycles. The largest absolute Gasteiger partial charge is 0.192 e. The highest BCUT2D eigenvalue weighted by molar-refractivity contribution is 6.00. The predicted octanol–water partition coefficient (Wildman–Crippen LogP) is 1.67. The summed E-state index contributed by atoms with van der Waals surface area (Å²) in [5.41, 5.74) is 2.19. The van der Waals surface area contributed by atoms with Crippen molar-refractivity contribution in [2.45, 2.75) is 13.1 Å². The molecule has 0 unspecified atom stereocenters. The molecule has 0 N–H and O–H groups in total. The van der Waals surface area contributed by atoms with Crippen LogP contribution in [0.3, 0.4) is 0 Å². The molecule has 0 aliphatic carbocycles. The first-order valence-corrected chi connectivity index (χ1v) is 10.7. The summed E-state index contributed by atoms with van der Waals surface area (Å²) in [6, 6.07) is 26.6. The van der Waals surface area contributed by atoms with Crippen LogP contribution in [0.2, 0.25) is 0 Å². The van der Waals surface area contributed by atoms with E-state index in [0.717, 1.165) is 11.1 Å². The van der Waals surface area contributed by atoms with E-state index >= 15 is 0 Å². The van der Waals surface area contributed by atoms with Gasteiger partial charge in [-0.2, -0.15) is 51.0 Å². The van der Waals surface area contributed by atoms with Gasteiger partial charge in [-0.1, -0.05) is 60.7 Å². The fraction of sp³-hybridized carbons (Fsp3) is 0.0769. The van der Waals surface area contributed by atoms with E-state index in [1.807, 2.05) is 84.9 Å². The minimum absolute atomic E-state index is 0.169. The molecule has 0 spiro atoms. The molecule has 0 saturated carbocycles. The molecule has 2 heterocycles. The van der Waals surface area contributed by atoms with E-state index < -0.39 is 0 Å². The van der Waals surface area contributed by atoms with Gasteiger partial charge in [-0.05, 0) is 11.1 Å². The number of benzene rings is 3. The summed E-state index contributed by atoms with van der Waals surface area (Å²) in [7, 11) is 0. The third-order valence-corrected chi connectivity index (χ3v) is 5.54. The fourth-order valence-electron chi connectivity index (χ4n) is 3.98. The van der Waals surface area contributed by atoms with Gasteiger partial charge in [0.05, 0.1) is 23.5 Å². The number of rotatable bonds is 4. The Hall–Kier alpha value is -5.84. The highest BCUT2D eigenvalue weighted by atomic mass is 15.5. The van der Waals surface area contributed by atoms with Crippen molar-refractivity contribution >= 4 is 33.2 Å². The first-order valence-electron chi connectivity index (χ1n) is 10.7. The third-order valence-electron chi connectivity index (χ3n) is 5.54. The average Bonchev–Trinajstić information content (AvgIpc) is 3.51. The highest BCUT2D eigenvalue weighted by Crippen LogP contribution is 2.13. The van der Waals surface area contributed by atoms with E-state index in [4.69, 9.17) is 0 Å². The summed E-state index contributed by atoms with van der Waals surface area (Å²) in [4.78, 5) is 2.81. The Morgan fingerprint density at radius 3 is 1.11 bits per heavy atom. The second-order valence-corrected chi connectivity index (χ2v) is 7.77. The molecule has 2 aromatic heterocycles. The zero-order chi connectivity index (χ0) is 25.1. The summed E-state index contributed by atoms with van der Waals surface area (Å²) in [6.45, 7) is 0.604. The maximum atomic E-state index is 9.72. The van der Waals surface area contributed by atoms with Crippen LogP contribution in [0.5, 0.6) is 0 Å². The van der Waals surface area contributed by atoms with E-state index in [2.05, 4.69) is 20.4 Å². The fourth-order valence-corrected chi connectivity index (χ4v) is 3.98. The minimum atomic E-state index is -0.217. The summed E-state index contributed by atoms with van der Waals surface area (Å²) in [5.74, 6) is 0. The molecular weight excluding hydrogens is 452 g/mol. The number of hydrogen-bond donors (Lipinski definition) is 0. The summed E-state index contributed by atoms with van der Waals surface area (Å²) >= 11 is 0. The van der Waals surface area contributed by atoms with Crippen molar-refractivity contribution in [2.24, 2.45) is 0 Å². The molecule has 0 atom stereocenters. The molecule has 36 heavy (non-hydrogen) atoms. The molecule has 0 fully saturated rings. The molecule has 0 bridgehead atoms. The zero-order valence-corrected chi connectivity index (χ0v) is 18.7. The molecule has 0 saturated heterocycles. The van der Waals surface area contributed by atoms with Crippen molar-refractivity contribution in [3.63, 3.8) is 0 Å². The van der Waals surface area contributed by atoms with Crippen LogP contribution in [-0.4, -0.2) is 30.0 Å². The van der Waals surface area contributed by atoms with Crippen LogP contribution in [-0.2, 0) is 13.1 Å². The monoisotopic (exact) mass is 466 g/mol. The molecule has 168 valence electrons.